The Balaban J connectivity index is 1.98. The lowest BCUT2D eigenvalue weighted by molar-refractivity contribution is -0.140. The molecule has 1 aromatic rings. The normalized spacial score (nSPS) is 18.7. The summed E-state index contributed by atoms with van der Waals surface area (Å²) in [5.74, 6) is -3.33. The zero-order valence-corrected chi connectivity index (χ0v) is 14.9. The molecule has 1 heterocycles. The van der Waals surface area contributed by atoms with E-state index in [1.54, 1.807) is 19.1 Å². The average molecular weight is 372 g/mol. The first kappa shape index (κ1) is 18.7. The van der Waals surface area contributed by atoms with Crippen molar-refractivity contribution in [1.82, 2.24) is 5.32 Å². The van der Waals surface area contributed by atoms with E-state index in [0.717, 1.165) is 17.7 Å². The van der Waals surface area contributed by atoms with Gasteiger partial charge in [0.15, 0.2) is 0 Å². The number of esters is 1. The number of halogens is 2. The topological polar surface area (TPSA) is 67.8 Å². The summed E-state index contributed by atoms with van der Waals surface area (Å²) in [6.45, 7) is 3.52. The molecule has 1 N–H and O–H groups in total. The molecular formula is C20H18F2N2O3. The van der Waals surface area contributed by atoms with E-state index in [9.17, 15) is 18.4 Å². The summed E-state index contributed by atoms with van der Waals surface area (Å²) in [5.41, 5.74) is 1.63. The van der Waals surface area contributed by atoms with Crippen LogP contribution in [-0.2, 0) is 20.9 Å². The van der Waals surface area contributed by atoms with E-state index in [-0.39, 0.29) is 24.3 Å². The van der Waals surface area contributed by atoms with Crippen molar-refractivity contribution >= 4 is 17.6 Å². The number of fused-ring (bicyclic) bond motifs is 1. The molecule has 1 unspecified atom stereocenters. The molecule has 2 aliphatic rings. The van der Waals surface area contributed by atoms with Gasteiger partial charge in [-0.3, -0.25) is 4.79 Å². The fraction of sp³-hybridized carbons (Fsp3) is 0.250. The Kier molecular flexibility index (Phi) is 5.30. The van der Waals surface area contributed by atoms with E-state index in [1.165, 1.54) is 6.07 Å². The number of benzene rings is 1. The number of hydrogen-bond donors (Lipinski definition) is 1. The molecule has 27 heavy (non-hydrogen) atoms. The minimum Gasteiger partial charge on any atom is -0.462 e. The van der Waals surface area contributed by atoms with Gasteiger partial charge in [-0.2, -0.15) is 0 Å². The number of rotatable bonds is 5. The Morgan fingerprint density at radius 3 is 2.81 bits per heavy atom. The summed E-state index contributed by atoms with van der Waals surface area (Å²) in [6, 6.07) is 3.24. The van der Waals surface area contributed by atoms with E-state index >= 15 is 0 Å². The first-order valence-electron chi connectivity index (χ1n) is 8.49. The monoisotopic (exact) mass is 372 g/mol. The predicted molar refractivity (Wildman–Crippen MR) is 95.7 cm³/mol. The third-order valence-corrected chi connectivity index (χ3v) is 4.33. The second-order valence-corrected chi connectivity index (χ2v) is 6.11. The van der Waals surface area contributed by atoms with Crippen LogP contribution in [0, 0.1) is 17.6 Å². The zero-order chi connectivity index (χ0) is 19.6. The maximum absolute atomic E-state index is 14.0. The van der Waals surface area contributed by atoms with Crippen LogP contribution in [0.5, 0.6) is 0 Å². The number of carbonyl (C=O) groups excluding carboxylic acids is 2. The van der Waals surface area contributed by atoms with Gasteiger partial charge in [0.25, 0.3) is 5.91 Å². The number of dihydropyridines is 1. The minimum absolute atomic E-state index is 0.0297. The van der Waals surface area contributed by atoms with E-state index < -0.39 is 29.4 Å². The van der Waals surface area contributed by atoms with Crippen LogP contribution in [0.25, 0.3) is 0 Å². The number of hydrogen-bond acceptors (Lipinski definition) is 4. The maximum atomic E-state index is 14.0. The fourth-order valence-corrected chi connectivity index (χ4v) is 3.01. The summed E-state index contributed by atoms with van der Waals surface area (Å²) < 4.78 is 32.0. The molecule has 0 aromatic heterocycles. The maximum Gasteiger partial charge on any atom is 0.345 e. The molecule has 1 aliphatic carbocycles. The number of aliphatic imine (C=N–C) groups is 1. The van der Waals surface area contributed by atoms with Crippen molar-refractivity contribution in [2.45, 2.75) is 20.4 Å². The van der Waals surface area contributed by atoms with Gasteiger partial charge in [-0.1, -0.05) is 24.3 Å². The van der Waals surface area contributed by atoms with Crippen LogP contribution >= 0.6 is 0 Å². The highest BCUT2D eigenvalue weighted by atomic mass is 19.1. The first-order chi connectivity index (χ1) is 12.9. The van der Waals surface area contributed by atoms with Crippen LogP contribution in [0.1, 0.15) is 19.4 Å². The number of amides is 1. The van der Waals surface area contributed by atoms with E-state index in [0.29, 0.717) is 11.4 Å². The van der Waals surface area contributed by atoms with Gasteiger partial charge in [0.1, 0.15) is 17.2 Å². The largest absolute Gasteiger partial charge is 0.462 e. The van der Waals surface area contributed by atoms with Crippen LogP contribution in [-0.4, -0.2) is 24.2 Å². The Morgan fingerprint density at radius 1 is 1.33 bits per heavy atom. The molecule has 1 amide bonds. The van der Waals surface area contributed by atoms with Gasteiger partial charge < -0.3 is 10.1 Å². The number of nitrogens with zero attached hydrogens (tertiary/aromatic N) is 1. The van der Waals surface area contributed by atoms with Crippen molar-refractivity contribution in [3.05, 3.63) is 70.5 Å². The molecule has 0 spiro atoms. The highest BCUT2D eigenvalue weighted by Crippen LogP contribution is 2.30. The molecule has 0 fully saturated rings. The highest BCUT2D eigenvalue weighted by Gasteiger charge is 2.36. The summed E-state index contributed by atoms with van der Waals surface area (Å²) in [6.07, 6.45) is 5.41. The van der Waals surface area contributed by atoms with Gasteiger partial charge in [-0.05, 0) is 25.5 Å². The van der Waals surface area contributed by atoms with Crippen molar-refractivity contribution in [1.29, 1.82) is 0 Å². The van der Waals surface area contributed by atoms with E-state index in [4.69, 9.17) is 4.74 Å². The van der Waals surface area contributed by atoms with Crippen LogP contribution < -0.4 is 5.32 Å². The van der Waals surface area contributed by atoms with Gasteiger partial charge in [0, 0.05) is 23.9 Å². The zero-order valence-electron chi connectivity index (χ0n) is 14.9. The predicted octanol–water partition coefficient (Wildman–Crippen LogP) is 2.99. The molecule has 0 bridgehead atoms. The standard InChI is InChI=1S/C20H18F2N2O3/c1-3-27-20(26)16-18(23-10-12-7-8-13(21)9-15(12)22)14-6-4-5-11(2)17(14)24-19(16)25/h4-9,14,23H,3,10H2,1-2H3. The fourth-order valence-electron chi connectivity index (χ4n) is 3.01. The van der Waals surface area contributed by atoms with Gasteiger partial charge >= 0.3 is 5.97 Å². The first-order valence-corrected chi connectivity index (χ1v) is 8.49. The third-order valence-electron chi connectivity index (χ3n) is 4.33. The second kappa shape index (κ2) is 7.65. The van der Waals surface area contributed by atoms with Crippen LogP contribution in [0.15, 0.2) is 58.3 Å². The Hall–Kier alpha value is -3.09. The number of nitrogens with one attached hydrogen (secondary N) is 1. The lowest BCUT2D eigenvalue weighted by Gasteiger charge is -2.28. The van der Waals surface area contributed by atoms with Crippen molar-refractivity contribution in [3.63, 3.8) is 0 Å². The number of carbonyl (C=O) groups is 2. The van der Waals surface area contributed by atoms with Crippen molar-refractivity contribution in [3.8, 4) is 0 Å². The third kappa shape index (κ3) is 3.72. The Bertz CT molecular complexity index is 929. The second-order valence-electron chi connectivity index (χ2n) is 6.11. The highest BCUT2D eigenvalue weighted by molar-refractivity contribution is 6.25. The average Bonchev–Trinajstić information content (AvgIpc) is 2.61. The van der Waals surface area contributed by atoms with Gasteiger partial charge in [-0.15, -0.1) is 0 Å². The lowest BCUT2D eigenvalue weighted by atomic mass is 9.85. The molecule has 7 heteroatoms. The summed E-state index contributed by atoms with van der Waals surface area (Å²) in [5, 5.41) is 2.97. The minimum atomic E-state index is -0.784. The molecular weight excluding hydrogens is 354 g/mol. The quantitative estimate of drug-likeness (QED) is 0.637. The van der Waals surface area contributed by atoms with Crippen LogP contribution in [0.2, 0.25) is 0 Å². The smallest absolute Gasteiger partial charge is 0.345 e. The molecule has 140 valence electrons. The van der Waals surface area contributed by atoms with Gasteiger partial charge in [0.05, 0.1) is 18.2 Å². The Morgan fingerprint density at radius 2 is 2.11 bits per heavy atom. The molecule has 1 atom stereocenters. The Labute approximate surface area is 155 Å². The number of allylic oxidation sites excluding steroid dienone is 4. The van der Waals surface area contributed by atoms with Crippen molar-refractivity contribution in [2.75, 3.05) is 6.61 Å². The molecule has 1 aliphatic heterocycles. The summed E-state index contributed by atoms with van der Waals surface area (Å²) >= 11 is 0. The van der Waals surface area contributed by atoms with Crippen molar-refractivity contribution in [2.24, 2.45) is 10.9 Å². The van der Waals surface area contributed by atoms with Crippen molar-refractivity contribution < 1.29 is 23.1 Å². The van der Waals surface area contributed by atoms with E-state index in [2.05, 4.69) is 10.3 Å². The molecule has 0 saturated carbocycles. The molecule has 0 saturated heterocycles. The SMILES string of the molecule is CCOC(=O)C1=C(NCc2ccc(F)cc2F)C2C=CC=C(C)C2=NC1=O. The number of ether oxygens (including phenoxy) is 1. The summed E-state index contributed by atoms with van der Waals surface area (Å²) in [4.78, 5) is 28.8. The molecule has 0 radical (unpaired) electrons. The molecule has 5 nitrogen and oxygen atoms in total. The summed E-state index contributed by atoms with van der Waals surface area (Å²) in [7, 11) is 0. The van der Waals surface area contributed by atoms with Crippen LogP contribution in [0.3, 0.4) is 0 Å². The van der Waals surface area contributed by atoms with Crippen LogP contribution in [0.4, 0.5) is 8.78 Å². The lowest BCUT2D eigenvalue weighted by Crippen LogP contribution is -2.36. The molecule has 1 aromatic carbocycles. The van der Waals surface area contributed by atoms with Gasteiger partial charge in [0.2, 0.25) is 0 Å². The molecule has 3 rings (SSSR count). The van der Waals surface area contributed by atoms with E-state index in [1.807, 2.05) is 13.0 Å². The van der Waals surface area contributed by atoms with Gasteiger partial charge in [-0.25, -0.2) is 18.6 Å².